The SMILES string of the molecule is CC[C@@H](C(=O)Nc1ccccc1C(=O)NC1CCCCC1)N(c1ccc(Cl)cc1)S(C)(=O)=O. The molecule has 0 bridgehead atoms. The van der Waals surface area contributed by atoms with Crippen LogP contribution in [0.15, 0.2) is 48.5 Å². The summed E-state index contributed by atoms with van der Waals surface area (Å²) in [6, 6.07) is 12.2. The summed E-state index contributed by atoms with van der Waals surface area (Å²) in [5.74, 6) is -0.765. The lowest BCUT2D eigenvalue weighted by molar-refractivity contribution is -0.117. The Bertz CT molecular complexity index is 1080. The molecule has 3 rings (SSSR count). The Morgan fingerprint density at radius 2 is 1.70 bits per heavy atom. The van der Waals surface area contributed by atoms with Gasteiger partial charge in [-0.15, -0.1) is 0 Å². The van der Waals surface area contributed by atoms with Gasteiger partial charge in [-0.05, 0) is 55.7 Å². The van der Waals surface area contributed by atoms with E-state index in [9.17, 15) is 18.0 Å². The van der Waals surface area contributed by atoms with Gasteiger partial charge in [0, 0.05) is 11.1 Å². The molecule has 7 nitrogen and oxygen atoms in total. The zero-order valence-corrected chi connectivity index (χ0v) is 20.5. The highest BCUT2D eigenvalue weighted by Gasteiger charge is 2.32. The van der Waals surface area contributed by atoms with Crippen LogP contribution in [0.3, 0.4) is 0 Å². The number of nitrogens with zero attached hydrogens (tertiary/aromatic N) is 1. The molecular weight excluding hydrogens is 462 g/mol. The lowest BCUT2D eigenvalue weighted by Crippen LogP contribution is -2.47. The maximum absolute atomic E-state index is 13.3. The van der Waals surface area contributed by atoms with E-state index in [0.717, 1.165) is 36.2 Å². The van der Waals surface area contributed by atoms with E-state index in [1.54, 1.807) is 55.5 Å². The lowest BCUT2D eigenvalue weighted by atomic mass is 9.95. The number of nitrogens with one attached hydrogen (secondary N) is 2. The maximum Gasteiger partial charge on any atom is 0.253 e. The van der Waals surface area contributed by atoms with Crippen molar-refractivity contribution in [2.45, 2.75) is 57.5 Å². The number of halogens is 1. The number of sulfonamides is 1. The van der Waals surface area contributed by atoms with Crippen LogP contribution in [-0.4, -0.2) is 38.6 Å². The van der Waals surface area contributed by atoms with Gasteiger partial charge in [0.15, 0.2) is 0 Å². The predicted octanol–water partition coefficient (Wildman–Crippen LogP) is 4.59. The molecule has 2 amide bonds. The third kappa shape index (κ3) is 6.48. The van der Waals surface area contributed by atoms with Gasteiger partial charge in [-0.3, -0.25) is 13.9 Å². The minimum atomic E-state index is -3.77. The highest BCUT2D eigenvalue weighted by molar-refractivity contribution is 7.92. The molecule has 0 unspecified atom stereocenters. The third-order valence-corrected chi connectivity index (χ3v) is 7.21. The van der Waals surface area contributed by atoms with E-state index in [1.807, 2.05) is 0 Å². The first-order valence-electron chi connectivity index (χ1n) is 11.2. The summed E-state index contributed by atoms with van der Waals surface area (Å²) in [6.07, 6.45) is 6.55. The fourth-order valence-electron chi connectivity index (χ4n) is 4.16. The number of para-hydroxylation sites is 1. The number of amides is 2. The first kappa shape index (κ1) is 25.1. The summed E-state index contributed by atoms with van der Waals surface area (Å²) in [5, 5.41) is 6.30. The van der Waals surface area contributed by atoms with Gasteiger partial charge in [0.05, 0.1) is 23.2 Å². The Hall–Kier alpha value is -2.58. The van der Waals surface area contributed by atoms with Crippen molar-refractivity contribution < 1.29 is 18.0 Å². The van der Waals surface area contributed by atoms with E-state index in [2.05, 4.69) is 10.6 Å². The summed E-state index contributed by atoms with van der Waals surface area (Å²) in [7, 11) is -3.77. The van der Waals surface area contributed by atoms with Crippen molar-refractivity contribution in [1.82, 2.24) is 5.32 Å². The molecule has 0 aliphatic heterocycles. The molecule has 9 heteroatoms. The highest BCUT2D eigenvalue weighted by atomic mass is 35.5. The van der Waals surface area contributed by atoms with Gasteiger partial charge < -0.3 is 10.6 Å². The van der Waals surface area contributed by atoms with Crippen molar-refractivity contribution >= 4 is 44.8 Å². The quantitative estimate of drug-likeness (QED) is 0.564. The van der Waals surface area contributed by atoms with Crippen molar-refractivity contribution in [3.8, 4) is 0 Å². The Kier molecular flexibility index (Phi) is 8.37. The second-order valence-electron chi connectivity index (χ2n) is 8.30. The maximum atomic E-state index is 13.3. The lowest BCUT2D eigenvalue weighted by Gasteiger charge is -2.30. The zero-order chi connectivity index (χ0) is 24.0. The van der Waals surface area contributed by atoms with Gasteiger partial charge in [-0.2, -0.15) is 0 Å². The average Bonchev–Trinajstić information content (AvgIpc) is 2.78. The molecule has 1 aliphatic carbocycles. The van der Waals surface area contributed by atoms with Crippen molar-refractivity contribution in [3.63, 3.8) is 0 Å². The van der Waals surface area contributed by atoms with Gasteiger partial charge in [-0.25, -0.2) is 8.42 Å². The molecule has 2 aromatic rings. The van der Waals surface area contributed by atoms with E-state index in [0.29, 0.717) is 22.0 Å². The Morgan fingerprint density at radius 3 is 2.30 bits per heavy atom. The van der Waals surface area contributed by atoms with Gasteiger partial charge in [-0.1, -0.05) is 49.9 Å². The number of carbonyl (C=O) groups is 2. The molecule has 0 spiro atoms. The molecule has 33 heavy (non-hydrogen) atoms. The number of benzene rings is 2. The molecule has 1 atom stereocenters. The van der Waals surface area contributed by atoms with Gasteiger partial charge in [0.25, 0.3) is 5.91 Å². The Morgan fingerprint density at radius 1 is 1.06 bits per heavy atom. The molecule has 2 aromatic carbocycles. The van der Waals surface area contributed by atoms with Crippen LogP contribution in [0.5, 0.6) is 0 Å². The minimum absolute atomic E-state index is 0.129. The van der Waals surface area contributed by atoms with Gasteiger partial charge in [0.1, 0.15) is 6.04 Å². The molecule has 1 fully saturated rings. The van der Waals surface area contributed by atoms with Crippen molar-refractivity contribution in [2.24, 2.45) is 0 Å². The van der Waals surface area contributed by atoms with Gasteiger partial charge >= 0.3 is 0 Å². The first-order valence-corrected chi connectivity index (χ1v) is 13.4. The van der Waals surface area contributed by atoms with Gasteiger partial charge in [0.2, 0.25) is 15.9 Å². The van der Waals surface area contributed by atoms with Crippen LogP contribution in [0, 0.1) is 0 Å². The molecule has 0 heterocycles. The monoisotopic (exact) mass is 491 g/mol. The van der Waals surface area contributed by atoms with Crippen molar-refractivity contribution in [3.05, 3.63) is 59.1 Å². The fraction of sp³-hybridized carbons (Fsp3) is 0.417. The van der Waals surface area contributed by atoms with Crippen LogP contribution < -0.4 is 14.9 Å². The van der Waals surface area contributed by atoms with E-state index < -0.39 is 22.0 Å². The van der Waals surface area contributed by atoms with E-state index in [1.165, 1.54) is 6.42 Å². The van der Waals surface area contributed by atoms with Crippen LogP contribution in [-0.2, 0) is 14.8 Å². The van der Waals surface area contributed by atoms with Crippen LogP contribution in [0.25, 0.3) is 0 Å². The molecule has 1 aliphatic rings. The van der Waals surface area contributed by atoms with E-state index >= 15 is 0 Å². The van der Waals surface area contributed by atoms with Crippen LogP contribution in [0.2, 0.25) is 5.02 Å². The summed E-state index contributed by atoms with van der Waals surface area (Å²) in [4.78, 5) is 26.2. The highest BCUT2D eigenvalue weighted by Crippen LogP contribution is 2.26. The van der Waals surface area contributed by atoms with E-state index in [-0.39, 0.29) is 18.4 Å². The molecule has 0 aromatic heterocycles. The fourth-order valence-corrected chi connectivity index (χ4v) is 5.50. The first-order chi connectivity index (χ1) is 15.7. The summed E-state index contributed by atoms with van der Waals surface area (Å²) in [6.45, 7) is 1.74. The zero-order valence-electron chi connectivity index (χ0n) is 18.9. The summed E-state index contributed by atoms with van der Waals surface area (Å²) < 4.78 is 26.3. The molecule has 178 valence electrons. The van der Waals surface area contributed by atoms with Crippen LogP contribution in [0.1, 0.15) is 55.8 Å². The molecule has 0 radical (unpaired) electrons. The number of hydrogen-bond donors (Lipinski definition) is 2. The van der Waals surface area contributed by atoms with Crippen LogP contribution >= 0.6 is 11.6 Å². The van der Waals surface area contributed by atoms with E-state index in [4.69, 9.17) is 11.6 Å². The number of anilines is 2. The largest absolute Gasteiger partial charge is 0.349 e. The summed E-state index contributed by atoms with van der Waals surface area (Å²) >= 11 is 5.95. The standard InChI is InChI=1S/C24H30ClN3O4S/c1-3-22(28(33(2,31)32)19-15-13-17(25)14-16-19)24(30)27-21-12-8-7-11-20(21)23(29)26-18-9-5-4-6-10-18/h7-8,11-16,18,22H,3-6,9-10H2,1-2H3,(H,26,29)(H,27,30)/t22-/m0/s1. The topological polar surface area (TPSA) is 95.6 Å². The number of hydrogen-bond acceptors (Lipinski definition) is 4. The number of rotatable bonds is 8. The third-order valence-electron chi connectivity index (χ3n) is 5.78. The Balaban J connectivity index is 1.84. The molecule has 1 saturated carbocycles. The average molecular weight is 492 g/mol. The normalized spacial score (nSPS) is 15.5. The van der Waals surface area contributed by atoms with Crippen molar-refractivity contribution in [2.75, 3.05) is 15.9 Å². The Labute approximate surface area is 200 Å². The smallest absolute Gasteiger partial charge is 0.253 e. The summed E-state index contributed by atoms with van der Waals surface area (Å²) in [5.41, 5.74) is 1.04. The predicted molar refractivity (Wildman–Crippen MR) is 132 cm³/mol. The van der Waals surface area contributed by atoms with Crippen molar-refractivity contribution in [1.29, 1.82) is 0 Å². The van der Waals surface area contributed by atoms with Crippen LogP contribution in [0.4, 0.5) is 11.4 Å². The molecular formula is C24H30ClN3O4S. The second kappa shape index (κ2) is 11.0. The minimum Gasteiger partial charge on any atom is -0.349 e. The number of carbonyl (C=O) groups excluding carboxylic acids is 2. The molecule has 0 saturated heterocycles. The second-order valence-corrected chi connectivity index (χ2v) is 10.6. The molecule has 2 N–H and O–H groups in total.